The van der Waals surface area contributed by atoms with Crippen molar-refractivity contribution in [3.63, 3.8) is 0 Å². The summed E-state index contributed by atoms with van der Waals surface area (Å²) in [4.78, 5) is 19.0. The zero-order valence-corrected chi connectivity index (χ0v) is 8.97. The van der Waals surface area contributed by atoms with Crippen molar-refractivity contribution in [2.24, 2.45) is 5.92 Å². The van der Waals surface area contributed by atoms with Gasteiger partial charge < -0.3 is 10.4 Å². The van der Waals surface area contributed by atoms with E-state index in [0.29, 0.717) is 6.42 Å². The van der Waals surface area contributed by atoms with Gasteiger partial charge in [-0.1, -0.05) is 6.42 Å². The molecule has 16 heavy (non-hydrogen) atoms. The highest BCUT2D eigenvalue weighted by molar-refractivity contribution is 5.70. The minimum Gasteiger partial charge on any atom is -0.481 e. The maximum atomic E-state index is 10.9. The molecule has 2 atom stereocenters. The van der Waals surface area contributed by atoms with Gasteiger partial charge in [-0.3, -0.25) is 9.78 Å². The molecule has 2 rings (SSSR count). The van der Waals surface area contributed by atoms with Gasteiger partial charge in [0, 0.05) is 18.4 Å². The van der Waals surface area contributed by atoms with Gasteiger partial charge in [-0.15, -0.1) is 0 Å². The van der Waals surface area contributed by atoms with Crippen LogP contribution in [0.25, 0.3) is 0 Å². The molecule has 2 unspecified atom stereocenters. The summed E-state index contributed by atoms with van der Waals surface area (Å²) in [6.07, 6.45) is 8.31. The maximum absolute atomic E-state index is 10.9. The summed E-state index contributed by atoms with van der Waals surface area (Å²) in [5, 5.41) is 12.2. The minimum atomic E-state index is -0.689. The van der Waals surface area contributed by atoms with Gasteiger partial charge in [0.2, 0.25) is 0 Å². The van der Waals surface area contributed by atoms with E-state index in [1.54, 1.807) is 18.6 Å². The van der Waals surface area contributed by atoms with E-state index in [1.165, 1.54) is 0 Å². The molecule has 5 heteroatoms. The highest BCUT2D eigenvalue weighted by Gasteiger charge is 2.26. The third kappa shape index (κ3) is 2.68. The number of hydrogen-bond donors (Lipinski definition) is 2. The summed E-state index contributed by atoms with van der Waals surface area (Å²) in [5.41, 5.74) is 0. The molecule has 1 aliphatic rings. The number of aliphatic carboxylic acids is 1. The van der Waals surface area contributed by atoms with E-state index < -0.39 is 5.97 Å². The van der Waals surface area contributed by atoms with Crippen LogP contribution in [0.4, 0.5) is 5.82 Å². The maximum Gasteiger partial charge on any atom is 0.306 e. The smallest absolute Gasteiger partial charge is 0.306 e. The lowest BCUT2D eigenvalue weighted by Crippen LogP contribution is -2.31. The van der Waals surface area contributed by atoms with Gasteiger partial charge in [-0.2, -0.15) is 0 Å². The number of hydrogen-bond acceptors (Lipinski definition) is 4. The first kappa shape index (κ1) is 10.9. The van der Waals surface area contributed by atoms with Crippen LogP contribution in [0.2, 0.25) is 0 Å². The van der Waals surface area contributed by atoms with Crippen molar-refractivity contribution >= 4 is 11.8 Å². The summed E-state index contributed by atoms with van der Waals surface area (Å²) in [5.74, 6) is -0.188. The molecule has 1 heterocycles. The van der Waals surface area contributed by atoms with E-state index in [4.69, 9.17) is 5.11 Å². The Bertz CT molecular complexity index is 356. The molecule has 1 saturated carbocycles. The van der Waals surface area contributed by atoms with Crippen LogP contribution in [0.5, 0.6) is 0 Å². The molecule has 0 saturated heterocycles. The third-order valence-electron chi connectivity index (χ3n) is 2.94. The molecule has 0 aromatic carbocycles. The lowest BCUT2D eigenvalue weighted by Gasteiger charge is -2.27. The normalized spacial score (nSPS) is 25.0. The van der Waals surface area contributed by atoms with Crippen molar-refractivity contribution in [2.75, 3.05) is 5.32 Å². The summed E-state index contributed by atoms with van der Waals surface area (Å²) in [6, 6.07) is 0.201. The van der Waals surface area contributed by atoms with Gasteiger partial charge in [0.1, 0.15) is 5.82 Å². The van der Waals surface area contributed by atoms with E-state index in [9.17, 15) is 4.79 Å². The number of nitrogens with one attached hydrogen (secondary N) is 1. The van der Waals surface area contributed by atoms with E-state index in [1.807, 2.05) is 0 Å². The zero-order chi connectivity index (χ0) is 11.4. The number of nitrogens with zero attached hydrogens (tertiary/aromatic N) is 2. The first-order valence-corrected chi connectivity index (χ1v) is 5.51. The number of carboxylic acid groups (broad SMARTS) is 1. The average Bonchev–Trinajstić information content (AvgIpc) is 2.30. The van der Waals surface area contributed by atoms with Crippen LogP contribution in [0, 0.1) is 5.92 Å². The van der Waals surface area contributed by atoms with Gasteiger partial charge in [0.25, 0.3) is 0 Å². The van der Waals surface area contributed by atoms with E-state index in [-0.39, 0.29) is 12.0 Å². The lowest BCUT2D eigenvalue weighted by molar-refractivity contribution is -0.142. The molecule has 0 aliphatic heterocycles. The topological polar surface area (TPSA) is 75.1 Å². The second-order valence-corrected chi connectivity index (χ2v) is 4.13. The second-order valence-electron chi connectivity index (χ2n) is 4.13. The first-order chi connectivity index (χ1) is 7.75. The van der Waals surface area contributed by atoms with Crippen molar-refractivity contribution < 1.29 is 9.90 Å². The highest BCUT2D eigenvalue weighted by Crippen LogP contribution is 2.26. The highest BCUT2D eigenvalue weighted by atomic mass is 16.4. The molecule has 0 amide bonds. The molecule has 1 aromatic rings. The van der Waals surface area contributed by atoms with Crippen LogP contribution in [0.15, 0.2) is 18.6 Å². The number of aromatic nitrogens is 2. The van der Waals surface area contributed by atoms with Gasteiger partial charge in [-0.05, 0) is 19.3 Å². The van der Waals surface area contributed by atoms with Crippen molar-refractivity contribution in [3.05, 3.63) is 18.6 Å². The fourth-order valence-electron chi connectivity index (χ4n) is 2.13. The van der Waals surface area contributed by atoms with Gasteiger partial charge in [-0.25, -0.2) is 4.98 Å². The summed E-state index contributed by atoms with van der Waals surface area (Å²) < 4.78 is 0. The molecule has 2 N–H and O–H groups in total. The first-order valence-electron chi connectivity index (χ1n) is 5.51. The molecule has 1 fully saturated rings. The molecule has 1 aliphatic carbocycles. The molecular weight excluding hydrogens is 206 g/mol. The van der Waals surface area contributed by atoms with Crippen LogP contribution in [-0.2, 0) is 4.79 Å². The number of rotatable bonds is 3. The minimum absolute atomic E-state index is 0.201. The molecule has 0 bridgehead atoms. The summed E-state index contributed by atoms with van der Waals surface area (Å²) in [7, 11) is 0. The lowest BCUT2D eigenvalue weighted by atomic mass is 9.86. The van der Waals surface area contributed by atoms with Crippen molar-refractivity contribution in [1.29, 1.82) is 0 Å². The largest absolute Gasteiger partial charge is 0.481 e. The predicted molar refractivity (Wildman–Crippen MR) is 59.0 cm³/mol. The van der Waals surface area contributed by atoms with Gasteiger partial charge in [0.15, 0.2) is 0 Å². The Kier molecular flexibility index (Phi) is 3.34. The molecule has 0 radical (unpaired) electrons. The fourth-order valence-corrected chi connectivity index (χ4v) is 2.13. The number of carboxylic acids is 1. The van der Waals surface area contributed by atoms with E-state index in [0.717, 1.165) is 25.1 Å². The van der Waals surface area contributed by atoms with Crippen LogP contribution >= 0.6 is 0 Å². The van der Waals surface area contributed by atoms with Crippen molar-refractivity contribution in [3.8, 4) is 0 Å². The molecule has 5 nitrogen and oxygen atoms in total. The monoisotopic (exact) mass is 221 g/mol. The van der Waals surface area contributed by atoms with Gasteiger partial charge in [0.05, 0.1) is 12.1 Å². The zero-order valence-electron chi connectivity index (χ0n) is 8.97. The molecule has 1 aromatic heterocycles. The number of anilines is 1. The summed E-state index contributed by atoms with van der Waals surface area (Å²) in [6.45, 7) is 0. The van der Waals surface area contributed by atoms with Crippen LogP contribution in [0.3, 0.4) is 0 Å². The summed E-state index contributed by atoms with van der Waals surface area (Å²) >= 11 is 0. The van der Waals surface area contributed by atoms with Crippen molar-refractivity contribution in [2.45, 2.75) is 31.7 Å². The molecular formula is C11H15N3O2. The van der Waals surface area contributed by atoms with Crippen LogP contribution in [0.1, 0.15) is 25.7 Å². The van der Waals surface area contributed by atoms with E-state index >= 15 is 0 Å². The molecule has 0 spiro atoms. The average molecular weight is 221 g/mol. The SMILES string of the molecule is O=C(O)C1CCCC(Nc2cnccn2)C1. The van der Waals surface area contributed by atoms with Crippen molar-refractivity contribution in [1.82, 2.24) is 9.97 Å². The number of carbonyl (C=O) groups is 1. The molecule has 86 valence electrons. The van der Waals surface area contributed by atoms with E-state index in [2.05, 4.69) is 15.3 Å². The third-order valence-corrected chi connectivity index (χ3v) is 2.94. The predicted octanol–water partition coefficient (Wildman–Crippen LogP) is 1.53. The standard InChI is InChI=1S/C11H15N3O2/c15-11(16)8-2-1-3-9(6-8)14-10-7-12-4-5-13-10/h4-5,7-9H,1-3,6H2,(H,13,14)(H,15,16). The van der Waals surface area contributed by atoms with Crippen LogP contribution in [-0.4, -0.2) is 27.1 Å². The Morgan fingerprint density at radius 1 is 1.44 bits per heavy atom. The Morgan fingerprint density at radius 3 is 3.00 bits per heavy atom. The quantitative estimate of drug-likeness (QED) is 0.809. The second kappa shape index (κ2) is 4.92. The Labute approximate surface area is 93.9 Å². The van der Waals surface area contributed by atoms with Gasteiger partial charge >= 0.3 is 5.97 Å². The Balaban J connectivity index is 1.93. The Hall–Kier alpha value is -1.65. The Morgan fingerprint density at radius 2 is 2.31 bits per heavy atom. The fraction of sp³-hybridized carbons (Fsp3) is 0.545. The van der Waals surface area contributed by atoms with Crippen LogP contribution < -0.4 is 5.32 Å².